The maximum atomic E-state index is 11.6. The quantitative estimate of drug-likeness (QED) is 0.636. The van der Waals surface area contributed by atoms with Gasteiger partial charge in [-0.15, -0.1) is 0 Å². The number of carbonyl (C=O) groups is 1. The molecule has 0 heterocycles. The smallest absolute Gasteiger partial charge is 0.220 e. The highest BCUT2D eigenvalue weighted by atomic mass is 16.1. The van der Waals surface area contributed by atoms with Crippen molar-refractivity contribution in [2.24, 2.45) is 5.92 Å². The van der Waals surface area contributed by atoms with Gasteiger partial charge in [0.25, 0.3) is 0 Å². The molecule has 0 aromatic heterocycles. The average molecular weight is 331 g/mol. The van der Waals surface area contributed by atoms with Crippen molar-refractivity contribution in [1.82, 2.24) is 10.6 Å². The van der Waals surface area contributed by atoms with Gasteiger partial charge in [-0.2, -0.15) is 0 Å². The van der Waals surface area contributed by atoms with E-state index in [1.807, 2.05) is 6.92 Å². The molecule has 1 aliphatic rings. The van der Waals surface area contributed by atoms with Crippen LogP contribution < -0.4 is 10.6 Å². The van der Waals surface area contributed by atoms with Crippen molar-refractivity contribution >= 4 is 5.91 Å². The van der Waals surface area contributed by atoms with Crippen LogP contribution in [0.1, 0.15) is 64.9 Å². The van der Waals surface area contributed by atoms with Gasteiger partial charge in [0, 0.05) is 24.4 Å². The summed E-state index contributed by atoms with van der Waals surface area (Å²) in [6.07, 6.45) is 6.59. The minimum Gasteiger partial charge on any atom is -0.356 e. The Morgan fingerprint density at radius 3 is 2.46 bits per heavy atom. The maximum absolute atomic E-state index is 11.6. The molecule has 1 aliphatic carbocycles. The lowest BCUT2D eigenvalue weighted by atomic mass is 9.59. The van der Waals surface area contributed by atoms with Crippen LogP contribution in [0, 0.1) is 5.92 Å². The molecule has 24 heavy (non-hydrogen) atoms. The van der Waals surface area contributed by atoms with Crippen molar-refractivity contribution in [3.05, 3.63) is 35.9 Å². The summed E-state index contributed by atoms with van der Waals surface area (Å²) in [7, 11) is 0. The van der Waals surface area contributed by atoms with Crippen LogP contribution in [0.4, 0.5) is 0 Å². The zero-order chi connectivity index (χ0) is 17.4. The number of carbonyl (C=O) groups excluding carboxylic acids is 1. The summed E-state index contributed by atoms with van der Waals surface area (Å²) in [5.74, 6) is 0.841. The van der Waals surface area contributed by atoms with Crippen molar-refractivity contribution in [3.63, 3.8) is 0 Å². The summed E-state index contributed by atoms with van der Waals surface area (Å²) in [6, 6.07) is 11.5. The molecule has 0 aliphatic heterocycles. The molecule has 1 saturated carbocycles. The average Bonchev–Trinajstić information content (AvgIpc) is 2.51. The molecule has 0 saturated heterocycles. The summed E-state index contributed by atoms with van der Waals surface area (Å²) in [4.78, 5) is 11.6. The van der Waals surface area contributed by atoms with Crippen molar-refractivity contribution in [1.29, 1.82) is 0 Å². The highest BCUT2D eigenvalue weighted by Crippen LogP contribution is 2.47. The van der Waals surface area contributed by atoms with E-state index in [0.717, 1.165) is 19.5 Å². The van der Waals surface area contributed by atoms with Crippen molar-refractivity contribution in [2.45, 2.75) is 70.8 Å². The molecule has 1 aromatic rings. The van der Waals surface area contributed by atoms with Gasteiger partial charge in [-0.25, -0.2) is 0 Å². The molecule has 2 N–H and O–H groups in total. The van der Waals surface area contributed by atoms with Crippen LogP contribution in [-0.2, 0) is 10.2 Å². The first kappa shape index (κ1) is 19.0. The highest BCUT2D eigenvalue weighted by molar-refractivity contribution is 5.75. The number of benzene rings is 1. The molecule has 0 bridgehead atoms. The van der Waals surface area contributed by atoms with E-state index >= 15 is 0 Å². The lowest BCUT2D eigenvalue weighted by molar-refractivity contribution is -0.121. The zero-order valence-electron chi connectivity index (χ0n) is 15.6. The van der Waals surface area contributed by atoms with E-state index in [2.05, 4.69) is 54.8 Å². The summed E-state index contributed by atoms with van der Waals surface area (Å²) in [6.45, 7) is 8.22. The Hall–Kier alpha value is -1.35. The Morgan fingerprint density at radius 1 is 1.21 bits per heavy atom. The van der Waals surface area contributed by atoms with Gasteiger partial charge >= 0.3 is 0 Å². The Labute approximate surface area is 147 Å². The van der Waals surface area contributed by atoms with Crippen LogP contribution in [0.5, 0.6) is 0 Å². The van der Waals surface area contributed by atoms with E-state index in [1.54, 1.807) is 0 Å². The molecule has 1 atom stereocenters. The third kappa shape index (κ3) is 4.83. The monoisotopic (exact) mass is 330 g/mol. The molecular weight excluding hydrogens is 296 g/mol. The number of rotatable bonds is 10. The first-order chi connectivity index (χ1) is 11.6. The minimum absolute atomic E-state index is 0.168. The van der Waals surface area contributed by atoms with E-state index in [-0.39, 0.29) is 11.3 Å². The van der Waals surface area contributed by atoms with Crippen LogP contribution in [0.2, 0.25) is 0 Å². The molecule has 0 spiro atoms. The van der Waals surface area contributed by atoms with Gasteiger partial charge in [-0.05, 0) is 50.6 Å². The van der Waals surface area contributed by atoms with Crippen LogP contribution in [-0.4, -0.2) is 25.0 Å². The van der Waals surface area contributed by atoms with Gasteiger partial charge in [-0.1, -0.05) is 50.6 Å². The van der Waals surface area contributed by atoms with Crippen LogP contribution >= 0.6 is 0 Å². The molecule has 3 heteroatoms. The fourth-order valence-electron chi connectivity index (χ4n) is 3.95. The van der Waals surface area contributed by atoms with Gasteiger partial charge in [-0.3, -0.25) is 4.79 Å². The Balaban J connectivity index is 1.98. The largest absolute Gasteiger partial charge is 0.356 e. The summed E-state index contributed by atoms with van der Waals surface area (Å²) >= 11 is 0. The lowest BCUT2D eigenvalue weighted by Crippen LogP contribution is -2.53. The third-order valence-corrected chi connectivity index (χ3v) is 5.31. The molecule has 1 aromatic carbocycles. The van der Waals surface area contributed by atoms with E-state index in [0.29, 0.717) is 18.4 Å². The molecule has 1 unspecified atom stereocenters. The van der Waals surface area contributed by atoms with Crippen molar-refractivity contribution < 1.29 is 4.79 Å². The van der Waals surface area contributed by atoms with E-state index in [4.69, 9.17) is 0 Å². The van der Waals surface area contributed by atoms with Gasteiger partial charge in [0.15, 0.2) is 0 Å². The summed E-state index contributed by atoms with van der Waals surface area (Å²) in [5, 5.41) is 6.69. The standard InChI is InChI=1S/C21H34N2O/c1-4-22-20(24)12-8-15-23-19(16-17(2)3)21(13-9-14-21)18-10-6-5-7-11-18/h5-7,10-11,17,19,23H,4,8-9,12-16H2,1-3H3,(H,22,24). The van der Waals surface area contributed by atoms with Crippen LogP contribution in [0.15, 0.2) is 30.3 Å². The fraction of sp³-hybridized carbons (Fsp3) is 0.667. The van der Waals surface area contributed by atoms with Gasteiger partial charge in [0.2, 0.25) is 5.91 Å². The third-order valence-electron chi connectivity index (χ3n) is 5.31. The van der Waals surface area contributed by atoms with E-state index in [9.17, 15) is 4.79 Å². The Bertz CT molecular complexity index is 494. The summed E-state index contributed by atoms with van der Waals surface area (Å²) < 4.78 is 0. The molecule has 3 nitrogen and oxygen atoms in total. The number of amides is 1. The highest BCUT2D eigenvalue weighted by Gasteiger charge is 2.45. The maximum Gasteiger partial charge on any atom is 0.220 e. The van der Waals surface area contributed by atoms with E-state index in [1.165, 1.54) is 31.2 Å². The van der Waals surface area contributed by atoms with E-state index < -0.39 is 0 Å². The molecule has 134 valence electrons. The molecule has 1 amide bonds. The fourth-order valence-corrected chi connectivity index (χ4v) is 3.95. The van der Waals surface area contributed by atoms with Gasteiger partial charge in [0.05, 0.1) is 0 Å². The topological polar surface area (TPSA) is 41.1 Å². The Kier molecular flexibility index (Phi) is 7.29. The predicted octanol–water partition coefficient (Wildman–Crippen LogP) is 4.03. The second kappa shape index (κ2) is 9.22. The number of nitrogens with one attached hydrogen (secondary N) is 2. The predicted molar refractivity (Wildman–Crippen MR) is 101 cm³/mol. The first-order valence-electron chi connectivity index (χ1n) is 9.64. The summed E-state index contributed by atoms with van der Waals surface area (Å²) in [5.41, 5.74) is 1.77. The first-order valence-corrected chi connectivity index (χ1v) is 9.64. The second-order valence-corrected chi connectivity index (χ2v) is 7.57. The second-order valence-electron chi connectivity index (χ2n) is 7.57. The molecular formula is C21H34N2O. The molecule has 0 radical (unpaired) electrons. The number of hydrogen-bond acceptors (Lipinski definition) is 2. The lowest BCUT2D eigenvalue weighted by Gasteiger charge is -2.49. The van der Waals surface area contributed by atoms with Crippen LogP contribution in [0.25, 0.3) is 0 Å². The Morgan fingerprint density at radius 2 is 1.92 bits per heavy atom. The van der Waals surface area contributed by atoms with Crippen LogP contribution in [0.3, 0.4) is 0 Å². The number of hydrogen-bond donors (Lipinski definition) is 2. The minimum atomic E-state index is 0.168. The zero-order valence-corrected chi connectivity index (χ0v) is 15.6. The van der Waals surface area contributed by atoms with Crippen molar-refractivity contribution in [2.75, 3.05) is 13.1 Å². The molecule has 1 fully saturated rings. The van der Waals surface area contributed by atoms with Gasteiger partial charge < -0.3 is 10.6 Å². The SMILES string of the molecule is CCNC(=O)CCCNC(CC(C)C)C1(c2ccccc2)CCC1. The van der Waals surface area contributed by atoms with Crippen molar-refractivity contribution in [3.8, 4) is 0 Å². The van der Waals surface area contributed by atoms with Gasteiger partial charge in [0.1, 0.15) is 0 Å². The normalized spacial score (nSPS) is 17.3. The molecule has 2 rings (SSSR count).